The summed E-state index contributed by atoms with van der Waals surface area (Å²) in [5.41, 5.74) is 5.56. The lowest BCUT2D eigenvalue weighted by Gasteiger charge is -2.31. The number of amidine groups is 1. The molecule has 1 aromatic carbocycles. The van der Waals surface area contributed by atoms with Gasteiger partial charge >= 0.3 is 0 Å². The van der Waals surface area contributed by atoms with Gasteiger partial charge in [0.25, 0.3) is 0 Å². The summed E-state index contributed by atoms with van der Waals surface area (Å²) in [6, 6.07) is 14.0. The summed E-state index contributed by atoms with van der Waals surface area (Å²) in [6.45, 7) is 4.04. The smallest absolute Gasteiger partial charge is 0.175 e. The van der Waals surface area contributed by atoms with Crippen LogP contribution >= 0.6 is 23.5 Å². The van der Waals surface area contributed by atoms with Gasteiger partial charge in [0, 0.05) is 5.92 Å². The molecule has 25 heavy (non-hydrogen) atoms. The highest BCUT2D eigenvalue weighted by molar-refractivity contribution is 8.18. The van der Waals surface area contributed by atoms with Crippen LogP contribution in [0.1, 0.15) is 30.9 Å². The van der Waals surface area contributed by atoms with Gasteiger partial charge < -0.3 is 5.73 Å². The number of aliphatic imine (C=N–C) groups is 1. The minimum atomic E-state index is -1.10. The molecule has 3 rings (SSSR count). The van der Waals surface area contributed by atoms with Crippen molar-refractivity contribution in [2.24, 2.45) is 21.6 Å². The molecule has 3 atom stereocenters. The third-order valence-electron chi connectivity index (χ3n) is 4.98. The first-order chi connectivity index (χ1) is 12.0. The molecule has 5 nitrogen and oxygen atoms in total. The number of benzene rings is 1. The standard InChI is InChI=1S/C18H17N5S2/c1-3-24-18(25-4-2)17(11-21)14(16(17,10-20)15(22)23-18)13-7-5-12(9-19)6-8-13/h5-8,14H,3-4H2,1-2H3,(H2,22,23). The zero-order valence-electron chi connectivity index (χ0n) is 14.0. The molecule has 1 aliphatic carbocycles. The lowest BCUT2D eigenvalue weighted by molar-refractivity contribution is 0.564. The highest BCUT2D eigenvalue weighted by Crippen LogP contribution is 2.85. The van der Waals surface area contributed by atoms with E-state index in [4.69, 9.17) is 11.0 Å². The van der Waals surface area contributed by atoms with E-state index in [2.05, 4.69) is 23.2 Å². The Labute approximate surface area is 155 Å². The van der Waals surface area contributed by atoms with Gasteiger partial charge in [-0.3, -0.25) is 0 Å². The van der Waals surface area contributed by atoms with Crippen LogP contribution in [-0.2, 0) is 0 Å². The Bertz CT molecular complexity index is 851. The quantitative estimate of drug-likeness (QED) is 0.800. The molecule has 126 valence electrons. The molecule has 0 aromatic heterocycles. The highest BCUT2D eigenvalue weighted by atomic mass is 32.2. The normalized spacial score (nSPS) is 31.2. The van der Waals surface area contributed by atoms with Crippen molar-refractivity contribution in [3.63, 3.8) is 0 Å². The molecule has 2 N–H and O–H groups in total. The molecule has 1 saturated carbocycles. The van der Waals surface area contributed by atoms with Crippen LogP contribution in [0.2, 0.25) is 0 Å². The van der Waals surface area contributed by atoms with Gasteiger partial charge in [0.05, 0.1) is 23.8 Å². The molecule has 1 aliphatic heterocycles. The molecule has 0 saturated heterocycles. The second-order valence-corrected chi connectivity index (χ2v) is 9.12. The zero-order chi connectivity index (χ0) is 18.3. The Balaban J connectivity index is 2.19. The van der Waals surface area contributed by atoms with Crippen LogP contribution in [0.3, 0.4) is 0 Å². The fourth-order valence-corrected chi connectivity index (χ4v) is 7.25. The monoisotopic (exact) mass is 367 g/mol. The third kappa shape index (κ3) is 1.93. The van der Waals surface area contributed by atoms with Gasteiger partial charge in [0.1, 0.15) is 16.7 Å². The molecule has 1 heterocycles. The van der Waals surface area contributed by atoms with Crippen molar-refractivity contribution in [2.45, 2.75) is 24.0 Å². The molecule has 0 bridgehead atoms. The second-order valence-electron chi connectivity index (χ2n) is 5.95. The van der Waals surface area contributed by atoms with Crippen LogP contribution in [0.5, 0.6) is 0 Å². The molecule has 0 spiro atoms. The number of nitrogens with two attached hydrogens (primary N) is 1. The van der Waals surface area contributed by atoms with Gasteiger partial charge in [-0.05, 0) is 29.2 Å². The first-order valence-electron chi connectivity index (χ1n) is 7.99. The Hall–Kier alpha value is -2.14. The maximum absolute atomic E-state index is 10.2. The van der Waals surface area contributed by atoms with Crippen molar-refractivity contribution in [2.75, 3.05) is 11.5 Å². The Morgan fingerprint density at radius 1 is 1.08 bits per heavy atom. The van der Waals surface area contributed by atoms with Gasteiger partial charge in [-0.15, -0.1) is 23.5 Å². The maximum atomic E-state index is 10.2. The number of fused-ring (bicyclic) bond motifs is 1. The minimum Gasteiger partial charge on any atom is -0.386 e. The molecule has 1 aromatic rings. The number of nitrogens with zero attached hydrogens (tertiary/aromatic N) is 4. The van der Waals surface area contributed by atoms with E-state index in [1.54, 1.807) is 35.7 Å². The van der Waals surface area contributed by atoms with Crippen LogP contribution in [0.15, 0.2) is 29.3 Å². The second kappa shape index (κ2) is 5.99. The molecule has 7 heteroatoms. The molecule has 2 aliphatic rings. The molecule has 0 amide bonds. The fraction of sp³-hybridized carbons (Fsp3) is 0.444. The fourth-order valence-electron chi connectivity index (χ4n) is 4.00. The Kier molecular flexibility index (Phi) is 4.23. The molecule has 1 fully saturated rings. The van der Waals surface area contributed by atoms with Crippen LogP contribution in [-0.4, -0.2) is 21.5 Å². The van der Waals surface area contributed by atoms with Crippen molar-refractivity contribution in [1.29, 1.82) is 15.8 Å². The van der Waals surface area contributed by atoms with E-state index in [1.807, 2.05) is 26.0 Å². The minimum absolute atomic E-state index is 0.257. The van der Waals surface area contributed by atoms with Gasteiger partial charge in [0.2, 0.25) is 0 Å². The predicted molar refractivity (Wildman–Crippen MR) is 101 cm³/mol. The van der Waals surface area contributed by atoms with E-state index >= 15 is 0 Å². The summed E-state index contributed by atoms with van der Waals surface area (Å²) in [5.74, 6) is 1.47. The summed E-state index contributed by atoms with van der Waals surface area (Å²) >= 11 is 3.15. The molecule has 0 radical (unpaired) electrons. The van der Waals surface area contributed by atoms with Crippen LogP contribution in [0, 0.1) is 44.8 Å². The van der Waals surface area contributed by atoms with Crippen molar-refractivity contribution in [3.05, 3.63) is 35.4 Å². The van der Waals surface area contributed by atoms with Gasteiger partial charge in [-0.2, -0.15) is 15.8 Å². The predicted octanol–water partition coefficient (Wildman–Crippen LogP) is 3.21. The van der Waals surface area contributed by atoms with Gasteiger partial charge in [-0.1, -0.05) is 26.0 Å². The number of hydrogen-bond donors (Lipinski definition) is 1. The zero-order valence-corrected chi connectivity index (χ0v) is 15.6. The van der Waals surface area contributed by atoms with E-state index in [1.165, 1.54) is 0 Å². The summed E-state index contributed by atoms with van der Waals surface area (Å²) < 4.78 is -0.774. The van der Waals surface area contributed by atoms with E-state index in [9.17, 15) is 10.5 Å². The van der Waals surface area contributed by atoms with Crippen molar-refractivity contribution in [1.82, 2.24) is 0 Å². The maximum Gasteiger partial charge on any atom is 0.175 e. The number of hydrogen-bond acceptors (Lipinski definition) is 7. The van der Waals surface area contributed by atoms with Crippen molar-refractivity contribution in [3.8, 4) is 18.2 Å². The Morgan fingerprint density at radius 3 is 2.12 bits per heavy atom. The highest BCUT2D eigenvalue weighted by Gasteiger charge is 2.91. The summed E-state index contributed by atoms with van der Waals surface area (Å²) in [4.78, 5) is 4.65. The van der Waals surface area contributed by atoms with Crippen molar-refractivity contribution < 1.29 is 0 Å². The first kappa shape index (κ1) is 17.7. The van der Waals surface area contributed by atoms with Crippen LogP contribution < -0.4 is 5.73 Å². The number of rotatable bonds is 5. The topological polar surface area (TPSA) is 110 Å². The molecular formula is C18H17N5S2. The molecule has 3 unspecified atom stereocenters. The van der Waals surface area contributed by atoms with Gasteiger partial charge in [0.15, 0.2) is 4.20 Å². The lowest BCUT2D eigenvalue weighted by Crippen LogP contribution is -2.31. The lowest BCUT2D eigenvalue weighted by atomic mass is 9.97. The largest absolute Gasteiger partial charge is 0.386 e. The van der Waals surface area contributed by atoms with Crippen LogP contribution in [0.4, 0.5) is 0 Å². The first-order valence-corrected chi connectivity index (χ1v) is 9.97. The molecular weight excluding hydrogens is 350 g/mol. The summed E-state index contributed by atoms with van der Waals surface area (Å²) in [7, 11) is 0. The summed E-state index contributed by atoms with van der Waals surface area (Å²) in [6.07, 6.45) is 0. The van der Waals surface area contributed by atoms with E-state index in [0.29, 0.717) is 5.56 Å². The average molecular weight is 368 g/mol. The average Bonchev–Trinajstić information content (AvgIpc) is 3.21. The van der Waals surface area contributed by atoms with Gasteiger partial charge in [-0.25, -0.2) is 4.99 Å². The van der Waals surface area contributed by atoms with Crippen LogP contribution in [0.25, 0.3) is 0 Å². The van der Waals surface area contributed by atoms with E-state index in [0.717, 1.165) is 17.1 Å². The number of nitriles is 3. The van der Waals surface area contributed by atoms with Crippen molar-refractivity contribution >= 4 is 29.4 Å². The summed E-state index contributed by atoms with van der Waals surface area (Å²) in [5, 5.41) is 29.2. The van der Waals surface area contributed by atoms with E-state index in [-0.39, 0.29) is 11.8 Å². The van der Waals surface area contributed by atoms with E-state index < -0.39 is 15.0 Å². The Morgan fingerprint density at radius 2 is 1.68 bits per heavy atom. The number of thioether (sulfide) groups is 2. The third-order valence-corrected chi connectivity index (χ3v) is 7.87. The SMILES string of the molecule is CCSC1(SCC)N=C(N)C2(C#N)C(c3ccc(C#N)cc3)C12C#N.